The van der Waals surface area contributed by atoms with E-state index in [-0.39, 0.29) is 23.0 Å². The zero-order chi connectivity index (χ0) is 26.4. The molecule has 196 valence electrons. The molecule has 1 saturated heterocycles. The molecule has 12 heteroatoms. The van der Waals surface area contributed by atoms with Gasteiger partial charge in [-0.15, -0.1) is 10.2 Å². The van der Waals surface area contributed by atoms with Gasteiger partial charge in [0.2, 0.25) is 11.6 Å². The summed E-state index contributed by atoms with van der Waals surface area (Å²) in [6.45, 7) is 0.881. The number of aromatic nitrogens is 3. The van der Waals surface area contributed by atoms with Crippen molar-refractivity contribution in [2.75, 3.05) is 20.3 Å². The maximum atomic E-state index is 13.6. The van der Waals surface area contributed by atoms with Crippen LogP contribution in [0, 0.1) is 0 Å². The van der Waals surface area contributed by atoms with Crippen molar-refractivity contribution in [2.24, 2.45) is 0 Å². The summed E-state index contributed by atoms with van der Waals surface area (Å²) < 4.78 is 93.1. The molecular formula is C25H22F6N4O2. The van der Waals surface area contributed by atoms with Gasteiger partial charge in [0.15, 0.2) is 0 Å². The number of nitrogens with zero attached hydrogens (tertiary/aromatic N) is 3. The van der Waals surface area contributed by atoms with E-state index in [0.717, 1.165) is 24.6 Å². The molecule has 0 unspecified atom stereocenters. The quantitative estimate of drug-likeness (QED) is 0.451. The Morgan fingerprint density at radius 3 is 2.30 bits per heavy atom. The standard InChI is InChI=1S/C25H22F6N4O2/c1-36-19-9-8-17(35-21(24(26,27)28)33-34-22(35)25(29,30)31)12-18(19)16-13-23(37-14-16)10-5-11-32-20(23)15-6-3-2-4-7-15/h2-4,6-9,12-13,20,32H,5,10-11,14H2,1H3/t20-,23+/m0/s1. The average Bonchev–Trinajstić information content (AvgIpc) is 3.50. The summed E-state index contributed by atoms with van der Waals surface area (Å²) in [5, 5.41) is 9.08. The van der Waals surface area contributed by atoms with Crippen LogP contribution in [-0.4, -0.2) is 40.6 Å². The van der Waals surface area contributed by atoms with Crippen LogP contribution in [0.5, 0.6) is 5.75 Å². The molecule has 37 heavy (non-hydrogen) atoms. The van der Waals surface area contributed by atoms with Crippen LogP contribution in [0.2, 0.25) is 0 Å². The summed E-state index contributed by atoms with van der Waals surface area (Å²) in [5.41, 5.74) is 0.793. The summed E-state index contributed by atoms with van der Waals surface area (Å²) in [5.74, 6) is -3.26. The highest BCUT2D eigenvalue weighted by Gasteiger charge is 2.47. The van der Waals surface area contributed by atoms with Gasteiger partial charge < -0.3 is 14.8 Å². The first-order valence-corrected chi connectivity index (χ1v) is 11.5. The molecule has 2 aliphatic rings. The number of alkyl halides is 6. The van der Waals surface area contributed by atoms with E-state index >= 15 is 0 Å². The number of nitrogens with one attached hydrogen (secondary N) is 1. The number of ether oxygens (including phenoxy) is 2. The molecule has 3 aromatic rings. The third kappa shape index (κ3) is 4.59. The van der Waals surface area contributed by atoms with E-state index in [2.05, 4.69) is 15.5 Å². The number of benzene rings is 2. The molecule has 0 aliphatic carbocycles. The van der Waals surface area contributed by atoms with Gasteiger partial charge in [-0.2, -0.15) is 26.3 Å². The topological polar surface area (TPSA) is 61.2 Å². The van der Waals surface area contributed by atoms with Crippen LogP contribution in [-0.2, 0) is 17.1 Å². The van der Waals surface area contributed by atoms with Crippen molar-refractivity contribution >= 4 is 5.57 Å². The van der Waals surface area contributed by atoms with Gasteiger partial charge in [-0.1, -0.05) is 30.3 Å². The molecule has 0 bridgehead atoms. The van der Waals surface area contributed by atoms with Crippen molar-refractivity contribution in [1.82, 2.24) is 20.1 Å². The first-order valence-electron chi connectivity index (χ1n) is 11.5. The molecule has 1 fully saturated rings. The lowest BCUT2D eigenvalue weighted by Gasteiger charge is -2.40. The predicted molar refractivity (Wildman–Crippen MR) is 121 cm³/mol. The molecule has 0 amide bonds. The summed E-state index contributed by atoms with van der Waals surface area (Å²) in [6, 6.07) is 13.2. The molecule has 0 radical (unpaired) electrons. The van der Waals surface area contributed by atoms with Crippen LogP contribution in [0.3, 0.4) is 0 Å². The lowest BCUT2D eigenvalue weighted by molar-refractivity contribution is -0.153. The maximum Gasteiger partial charge on any atom is 0.452 e. The Morgan fingerprint density at radius 1 is 1.00 bits per heavy atom. The van der Waals surface area contributed by atoms with Crippen LogP contribution in [0.1, 0.15) is 41.7 Å². The first-order chi connectivity index (χ1) is 17.5. The molecule has 2 aliphatic heterocycles. The minimum atomic E-state index is -5.16. The molecule has 6 nitrogen and oxygen atoms in total. The number of methoxy groups -OCH3 is 1. The molecular weight excluding hydrogens is 502 g/mol. The zero-order valence-corrected chi connectivity index (χ0v) is 19.5. The highest BCUT2D eigenvalue weighted by molar-refractivity contribution is 5.75. The van der Waals surface area contributed by atoms with Crippen molar-refractivity contribution < 1.29 is 35.8 Å². The first kappa shape index (κ1) is 25.3. The summed E-state index contributed by atoms with van der Waals surface area (Å²) in [4.78, 5) is 0. The number of rotatable bonds is 4. The second-order valence-electron chi connectivity index (χ2n) is 8.88. The van der Waals surface area contributed by atoms with E-state index < -0.39 is 35.3 Å². The van der Waals surface area contributed by atoms with Gasteiger partial charge in [0.05, 0.1) is 25.4 Å². The van der Waals surface area contributed by atoms with Gasteiger partial charge in [-0.3, -0.25) is 4.57 Å². The molecule has 1 spiro atoms. The Hall–Kier alpha value is -3.38. The van der Waals surface area contributed by atoms with Crippen LogP contribution < -0.4 is 10.1 Å². The molecule has 1 aromatic heterocycles. The van der Waals surface area contributed by atoms with E-state index in [1.54, 1.807) is 0 Å². The third-order valence-corrected chi connectivity index (χ3v) is 6.59. The predicted octanol–water partition coefficient (Wildman–Crippen LogP) is 5.59. The Bertz CT molecular complexity index is 1290. The fraction of sp³-hybridized carbons (Fsp3) is 0.360. The Labute approximate surface area is 207 Å². The minimum Gasteiger partial charge on any atom is -0.496 e. The lowest BCUT2D eigenvalue weighted by atomic mass is 9.81. The number of hydrogen-bond acceptors (Lipinski definition) is 5. The van der Waals surface area contributed by atoms with E-state index in [1.807, 2.05) is 36.4 Å². The monoisotopic (exact) mass is 524 g/mol. The summed E-state index contributed by atoms with van der Waals surface area (Å²) in [6.07, 6.45) is -6.90. The fourth-order valence-electron chi connectivity index (χ4n) is 5.01. The SMILES string of the molecule is COc1ccc(-n2c(C(F)(F)F)nnc2C(F)(F)F)cc1C1=C[C@@]2(CCCN[C@H]2c2ccccc2)OC1. The highest BCUT2D eigenvalue weighted by atomic mass is 19.4. The van der Waals surface area contributed by atoms with Gasteiger partial charge in [-0.25, -0.2) is 0 Å². The van der Waals surface area contributed by atoms with Gasteiger partial charge in [0.1, 0.15) is 11.4 Å². The molecule has 2 aromatic carbocycles. The average molecular weight is 524 g/mol. The Kier molecular flexibility index (Phi) is 6.27. The molecule has 5 rings (SSSR count). The van der Waals surface area contributed by atoms with Crippen LogP contribution in [0.4, 0.5) is 26.3 Å². The Morgan fingerprint density at radius 2 is 1.68 bits per heavy atom. The van der Waals surface area contributed by atoms with Gasteiger partial charge in [0, 0.05) is 5.56 Å². The van der Waals surface area contributed by atoms with Crippen LogP contribution in [0.15, 0.2) is 54.6 Å². The zero-order valence-electron chi connectivity index (χ0n) is 19.5. The fourth-order valence-corrected chi connectivity index (χ4v) is 5.01. The van der Waals surface area contributed by atoms with Crippen LogP contribution >= 0.6 is 0 Å². The van der Waals surface area contributed by atoms with Gasteiger partial charge in [-0.05, 0) is 54.8 Å². The van der Waals surface area contributed by atoms with Gasteiger partial charge >= 0.3 is 12.4 Å². The second-order valence-corrected chi connectivity index (χ2v) is 8.88. The van der Waals surface area contributed by atoms with Crippen LogP contribution in [0.25, 0.3) is 11.3 Å². The third-order valence-electron chi connectivity index (χ3n) is 6.59. The summed E-state index contributed by atoms with van der Waals surface area (Å²) >= 11 is 0. The Balaban J connectivity index is 1.62. The van der Waals surface area contributed by atoms with E-state index in [4.69, 9.17) is 9.47 Å². The van der Waals surface area contributed by atoms with Crippen molar-refractivity contribution in [2.45, 2.75) is 36.8 Å². The maximum absolute atomic E-state index is 13.6. The number of hydrogen-bond donors (Lipinski definition) is 1. The van der Waals surface area contributed by atoms with Gasteiger partial charge in [0.25, 0.3) is 0 Å². The number of piperidine rings is 1. The van der Waals surface area contributed by atoms with Crippen molar-refractivity contribution in [3.63, 3.8) is 0 Å². The largest absolute Gasteiger partial charge is 0.496 e. The molecule has 1 N–H and O–H groups in total. The normalized spacial score (nSPS) is 22.4. The van der Waals surface area contributed by atoms with Crippen molar-refractivity contribution in [3.05, 3.63) is 77.4 Å². The van der Waals surface area contributed by atoms with E-state index in [0.29, 0.717) is 17.6 Å². The van der Waals surface area contributed by atoms with Crippen molar-refractivity contribution in [3.8, 4) is 11.4 Å². The molecule has 3 heterocycles. The smallest absolute Gasteiger partial charge is 0.452 e. The molecule has 2 atom stereocenters. The molecule has 0 saturated carbocycles. The lowest BCUT2D eigenvalue weighted by Crippen LogP contribution is -2.47. The van der Waals surface area contributed by atoms with E-state index in [1.165, 1.54) is 19.2 Å². The highest BCUT2D eigenvalue weighted by Crippen LogP contribution is 2.46. The van der Waals surface area contributed by atoms with Crippen molar-refractivity contribution in [1.29, 1.82) is 0 Å². The summed E-state index contributed by atoms with van der Waals surface area (Å²) in [7, 11) is 1.38. The number of halogens is 6. The van der Waals surface area contributed by atoms with E-state index in [9.17, 15) is 26.3 Å². The second kappa shape index (κ2) is 9.18. The minimum absolute atomic E-state index is 0.0238.